The van der Waals surface area contributed by atoms with Crippen LogP contribution in [0.15, 0.2) is 91.3 Å². The highest BCUT2D eigenvalue weighted by molar-refractivity contribution is 5.91. The Morgan fingerprint density at radius 1 is 0.712 bits per heavy atom. The molecule has 59 heavy (non-hydrogen) atoms. The van der Waals surface area contributed by atoms with Gasteiger partial charge >= 0.3 is 6.09 Å². The number of carboxylic acid groups (broad SMARTS) is 1. The largest absolute Gasteiger partial charge is 0.465 e. The molecule has 4 heterocycles. The second-order valence-electron chi connectivity index (χ2n) is 17.7. The van der Waals surface area contributed by atoms with Crippen LogP contribution in [0, 0.1) is 0 Å². The molecule has 2 saturated heterocycles. The molecule has 0 spiro atoms. The molecule has 8 rings (SSSR count). The highest BCUT2D eigenvalue weighted by atomic mass is 16.4. The minimum absolute atomic E-state index is 0.0943. The molecule has 308 valence electrons. The molecule has 12 nitrogen and oxygen atoms in total. The number of carbonyl (C=O) groups excluding carboxylic acids is 2. The minimum atomic E-state index is -1.06. The van der Waals surface area contributed by atoms with Crippen molar-refractivity contribution in [1.82, 2.24) is 39.5 Å². The molecule has 12 heteroatoms. The summed E-state index contributed by atoms with van der Waals surface area (Å²) in [7, 11) is 3.90. The van der Waals surface area contributed by atoms with Gasteiger partial charge in [0.2, 0.25) is 11.8 Å². The van der Waals surface area contributed by atoms with E-state index in [4.69, 9.17) is 9.97 Å². The maximum Gasteiger partial charge on any atom is 0.408 e. The van der Waals surface area contributed by atoms with Gasteiger partial charge in [0.15, 0.2) is 0 Å². The van der Waals surface area contributed by atoms with E-state index in [1.165, 1.54) is 4.90 Å². The van der Waals surface area contributed by atoms with Crippen molar-refractivity contribution in [2.24, 2.45) is 0 Å². The van der Waals surface area contributed by atoms with Gasteiger partial charge in [-0.2, -0.15) is 0 Å². The molecule has 2 aromatic heterocycles. The Kier molecular flexibility index (Phi) is 10.9. The number of nitrogens with zero attached hydrogens (tertiary/aromatic N) is 6. The third-order valence-corrected chi connectivity index (χ3v) is 12.6. The number of rotatable bonds is 10. The zero-order valence-corrected chi connectivity index (χ0v) is 34.8. The highest BCUT2D eigenvalue weighted by Gasteiger charge is 2.55. The molecule has 0 bridgehead atoms. The van der Waals surface area contributed by atoms with E-state index in [9.17, 15) is 19.5 Å². The van der Waals surface area contributed by atoms with Gasteiger partial charge in [-0.15, -0.1) is 0 Å². The van der Waals surface area contributed by atoms with Gasteiger partial charge in [-0.3, -0.25) is 19.4 Å². The molecule has 1 saturated carbocycles. The predicted octanol–water partition coefficient (Wildman–Crippen LogP) is 8.86. The molecule has 3 aromatic carbocycles. The number of aromatic nitrogens is 4. The molecule has 3 fully saturated rings. The third-order valence-electron chi connectivity index (χ3n) is 12.6. The van der Waals surface area contributed by atoms with E-state index in [1.807, 2.05) is 92.3 Å². The number of H-pyrrole nitrogens is 2. The lowest BCUT2D eigenvalue weighted by Gasteiger charge is -2.48. The number of benzene rings is 3. The number of imidazole rings is 2. The van der Waals surface area contributed by atoms with Crippen molar-refractivity contribution in [2.45, 2.75) is 101 Å². The lowest BCUT2D eigenvalue weighted by atomic mass is 9.88. The fraction of sp³-hybridized carbons (Fsp3) is 0.426. The fourth-order valence-corrected chi connectivity index (χ4v) is 9.93. The van der Waals surface area contributed by atoms with Crippen LogP contribution in [0.5, 0.6) is 0 Å². The fourth-order valence-electron chi connectivity index (χ4n) is 9.93. The van der Waals surface area contributed by atoms with E-state index >= 15 is 0 Å². The van der Waals surface area contributed by atoms with Gasteiger partial charge in [0, 0.05) is 18.6 Å². The quantitative estimate of drug-likeness (QED) is 0.128. The summed E-state index contributed by atoms with van der Waals surface area (Å²) in [4.78, 5) is 64.8. The summed E-state index contributed by atoms with van der Waals surface area (Å²) in [6, 6.07) is 26.0. The first kappa shape index (κ1) is 40.0. The number of aromatic amines is 2. The monoisotopic (exact) mass is 796 g/mol. The van der Waals surface area contributed by atoms with Crippen molar-refractivity contribution >= 4 is 17.9 Å². The Hall–Kier alpha value is -5.75. The summed E-state index contributed by atoms with van der Waals surface area (Å²) in [6.07, 6.45) is 8.80. The van der Waals surface area contributed by atoms with E-state index < -0.39 is 17.2 Å². The Morgan fingerprint density at radius 2 is 1.19 bits per heavy atom. The van der Waals surface area contributed by atoms with Crippen molar-refractivity contribution in [3.05, 3.63) is 108 Å². The van der Waals surface area contributed by atoms with Crippen LogP contribution < -0.4 is 0 Å². The molecule has 3 aliphatic rings. The first-order chi connectivity index (χ1) is 28.4. The SMILES string of the molecule is CN(C)[C@@H](C(=O)N1CCC[C@H]1c1ncc(-c2ccc(-c3ccc(-c4cnc([C@@H]5CCCN5C(=O)C5(N(C(=O)O)C(C)(C)C)CCCC5)[nH]4)cc3)cc2)[nH]1)c1ccccc1. The van der Waals surface area contributed by atoms with E-state index in [1.54, 1.807) is 0 Å². The maximum atomic E-state index is 14.4. The summed E-state index contributed by atoms with van der Waals surface area (Å²) in [5, 5.41) is 10.3. The average molecular weight is 797 g/mol. The van der Waals surface area contributed by atoms with Crippen molar-refractivity contribution in [3.63, 3.8) is 0 Å². The summed E-state index contributed by atoms with van der Waals surface area (Å²) in [5.74, 6) is 1.54. The van der Waals surface area contributed by atoms with Gasteiger partial charge in [-0.1, -0.05) is 91.7 Å². The zero-order chi connectivity index (χ0) is 41.5. The van der Waals surface area contributed by atoms with Crippen LogP contribution in [0.25, 0.3) is 33.6 Å². The molecule has 2 aliphatic heterocycles. The normalized spacial score (nSPS) is 19.7. The van der Waals surface area contributed by atoms with E-state index in [0.29, 0.717) is 25.9 Å². The topological polar surface area (TPSA) is 142 Å². The molecule has 1 aliphatic carbocycles. The molecular weight excluding hydrogens is 741 g/mol. The molecule has 0 radical (unpaired) electrons. The van der Waals surface area contributed by atoms with Gasteiger partial charge in [0.25, 0.3) is 0 Å². The second kappa shape index (κ2) is 16.1. The lowest BCUT2D eigenvalue weighted by Crippen LogP contribution is -2.65. The molecular formula is C47H56N8O4. The number of nitrogens with one attached hydrogen (secondary N) is 2. The highest BCUT2D eigenvalue weighted by Crippen LogP contribution is 2.44. The number of carbonyl (C=O) groups is 3. The Balaban J connectivity index is 0.939. The maximum absolute atomic E-state index is 14.4. The Labute approximate surface area is 346 Å². The second-order valence-corrected chi connectivity index (χ2v) is 17.7. The van der Waals surface area contributed by atoms with Gasteiger partial charge in [0.1, 0.15) is 23.2 Å². The average Bonchev–Trinajstić information content (AvgIpc) is 4.07. The third kappa shape index (κ3) is 7.66. The van der Waals surface area contributed by atoms with Crippen LogP contribution in [0.2, 0.25) is 0 Å². The molecule has 5 aromatic rings. The first-order valence-corrected chi connectivity index (χ1v) is 21.0. The summed E-state index contributed by atoms with van der Waals surface area (Å²) in [6.45, 7) is 6.90. The Morgan fingerprint density at radius 3 is 1.66 bits per heavy atom. The number of likely N-dealkylation sites (N-methyl/N-ethyl adjacent to an activating group) is 1. The van der Waals surface area contributed by atoms with Crippen LogP contribution in [0.1, 0.15) is 107 Å². The van der Waals surface area contributed by atoms with Gasteiger partial charge in [-0.25, -0.2) is 14.8 Å². The van der Waals surface area contributed by atoms with Crippen molar-refractivity contribution in [3.8, 4) is 33.6 Å². The zero-order valence-electron chi connectivity index (χ0n) is 34.8. The first-order valence-electron chi connectivity index (χ1n) is 21.0. The van der Waals surface area contributed by atoms with Crippen LogP contribution in [-0.2, 0) is 9.59 Å². The standard InChI is InChI=1S/C47H56N8O4/c1-46(2,3)55(45(58)59)47(25-9-10-26-47)44(57)54-28-12-16-39(54)42-49-30-37(51-42)34-23-19-32(20-24-34)31-17-21-33(22-18-31)36-29-48-41(50-36)38-15-11-27-53(38)43(56)40(52(4)5)35-13-7-6-8-14-35/h6-8,13-14,17-24,29-30,38-40H,9-12,15-16,25-28H2,1-5H3,(H,48,50)(H,49,51)(H,58,59)/t38-,39-,40+/m0/s1. The number of hydrogen-bond acceptors (Lipinski definition) is 6. The van der Waals surface area contributed by atoms with Crippen LogP contribution in [-0.4, -0.2) is 101 Å². The number of hydrogen-bond donors (Lipinski definition) is 3. The van der Waals surface area contributed by atoms with Crippen molar-refractivity contribution < 1.29 is 19.5 Å². The van der Waals surface area contributed by atoms with Crippen molar-refractivity contribution in [1.29, 1.82) is 0 Å². The summed E-state index contributed by atoms with van der Waals surface area (Å²) < 4.78 is 0. The summed E-state index contributed by atoms with van der Waals surface area (Å²) in [5.41, 5.74) is 5.17. The van der Waals surface area contributed by atoms with E-state index in [2.05, 4.69) is 58.5 Å². The van der Waals surface area contributed by atoms with E-state index in [0.717, 1.165) is 89.4 Å². The van der Waals surface area contributed by atoms with E-state index in [-0.39, 0.29) is 29.9 Å². The van der Waals surface area contributed by atoms with Gasteiger partial charge < -0.3 is 24.9 Å². The minimum Gasteiger partial charge on any atom is -0.465 e. The molecule has 3 atom stereocenters. The van der Waals surface area contributed by atoms with Crippen LogP contribution in [0.4, 0.5) is 4.79 Å². The number of likely N-dealkylation sites (tertiary alicyclic amines) is 2. The molecule has 0 unspecified atom stereocenters. The summed E-state index contributed by atoms with van der Waals surface area (Å²) >= 11 is 0. The molecule has 3 N–H and O–H groups in total. The smallest absolute Gasteiger partial charge is 0.408 e. The Bertz CT molecular complexity index is 2270. The predicted molar refractivity (Wildman–Crippen MR) is 228 cm³/mol. The lowest BCUT2D eigenvalue weighted by molar-refractivity contribution is -0.148. The van der Waals surface area contributed by atoms with Gasteiger partial charge in [0.05, 0.1) is 35.9 Å². The number of amides is 3. The van der Waals surface area contributed by atoms with Crippen LogP contribution in [0.3, 0.4) is 0 Å². The van der Waals surface area contributed by atoms with Crippen LogP contribution >= 0.6 is 0 Å². The molecule has 3 amide bonds. The van der Waals surface area contributed by atoms with Gasteiger partial charge in [-0.05, 0) is 101 Å². The van der Waals surface area contributed by atoms with Crippen molar-refractivity contribution in [2.75, 3.05) is 27.2 Å².